The Hall–Kier alpha value is -1.24. The summed E-state index contributed by atoms with van der Waals surface area (Å²) in [6.45, 7) is 2.13. The molecule has 0 saturated heterocycles. The Labute approximate surface area is 119 Å². The van der Waals surface area contributed by atoms with E-state index < -0.39 is 0 Å². The van der Waals surface area contributed by atoms with Crippen LogP contribution in [0.4, 0.5) is 4.39 Å². The van der Waals surface area contributed by atoms with Gasteiger partial charge in [0.15, 0.2) is 0 Å². The van der Waals surface area contributed by atoms with E-state index in [4.69, 9.17) is 4.74 Å². The van der Waals surface area contributed by atoms with Gasteiger partial charge in [-0.2, -0.15) is 5.10 Å². The van der Waals surface area contributed by atoms with Crippen LogP contribution in [-0.2, 0) is 11.3 Å². The highest BCUT2D eigenvalue weighted by Crippen LogP contribution is 2.19. The summed E-state index contributed by atoms with van der Waals surface area (Å²) in [5, 5.41) is 7.64. The molecular formula is C13H15BrFN3O. The molecule has 0 amide bonds. The molecule has 0 fully saturated rings. The molecule has 0 atom stereocenters. The van der Waals surface area contributed by atoms with Crippen molar-refractivity contribution in [2.45, 2.75) is 6.54 Å². The van der Waals surface area contributed by atoms with Gasteiger partial charge >= 0.3 is 0 Å². The number of nitrogens with one attached hydrogen (secondary N) is 1. The van der Waals surface area contributed by atoms with E-state index in [0.29, 0.717) is 17.6 Å². The number of methoxy groups -OCH3 is 1. The molecule has 0 spiro atoms. The van der Waals surface area contributed by atoms with Gasteiger partial charge in [-0.1, -0.05) is 0 Å². The molecule has 1 heterocycles. The standard InChI is InChI=1S/C13H15BrFN3O/c1-19-7-5-16-9-10-4-6-18(17-10)11-2-3-13(15)12(14)8-11/h2-4,6,8,16H,5,7,9H2,1H3. The Morgan fingerprint density at radius 1 is 1.42 bits per heavy atom. The summed E-state index contributed by atoms with van der Waals surface area (Å²) in [7, 11) is 1.67. The molecule has 1 N–H and O–H groups in total. The van der Waals surface area contributed by atoms with E-state index in [0.717, 1.165) is 17.9 Å². The zero-order chi connectivity index (χ0) is 13.7. The third-order valence-electron chi connectivity index (χ3n) is 2.60. The maximum Gasteiger partial charge on any atom is 0.137 e. The van der Waals surface area contributed by atoms with E-state index in [1.165, 1.54) is 6.07 Å². The zero-order valence-corrected chi connectivity index (χ0v) is 12.2. The Balaban J connectivity index is 2.01. The Bertz CT molecular complexity index is 544. The topological polar surface area (TPSA) is 39.1 Å². The normalized spacial score (nSPS) is 10.9. The van der Waals surface area contributed by atoms with E-state index >= 15 is 0 Å². The molecule has 6 heteroatoms. The van der Waals surface area contributed by atoms with Gasteiger partial charge in [0.25, 0.3) is 0 Å². The van der Waals surface area contributed by atoms with E-state index in [1.54, 1.807) is 23.9 Å². The predicted molar refractivity (Wildman–Crippen MR) is 74.8 cm³/mol. The Morgan fingerprint density at radius 3 is 3.00 bits per heavy atom. The predicted octanol–water partition coefficient (Wildman–Crippen LogP) is 2.51. The highest BCUT2D eigenvalue weighted by atomic mass is 79.9. The molecule has 0 aliphatic rings. The van der Waals surface area contributed by atoms with Crippen molar-refractivity contribution in [1.29, 1.82) is 0 Å². The molecule has 0 radical (unpaired) electrons. The number of ether oxygens (including phenoxy) is 1. The van der Waals surface area contributed by atoms with Crippen LogP contribution < -0.4 is 5.32 Å². The summed E-state index contributed by atoms with van der Waals surface area (Å²) < 4.78 is 20.3. The number of rotatable bonds is 6. The molecule has 0 aliphatic heterocycles. The number of hydrogen-bond acceptors (Lipinski definition) is 3. The van der Waals surface area contributed by atoms with E-state index in [-0.39, 0.29) is 5.82 Å². The first-order valence-corrected chi connectivity index (χ1v) is 6.69. The molecule has 1 aromatic carbocycles. The SMILES string of the molecule is COCCNCc1ccn(-c2ccc(F)c(Br)c2)n1. The lowest BCUT2D eigenvalue weighted by atomic mass is 10.3. The second-order valence-electron chi connectivity index (χ2n) is 4.02. The van der Waals surface area contributed by atoms with Gasteiger partial charge < -0.3 is 10.1 Å². The van der Waals surface area contributed by atoms with Crippen LogP contribution in [-0.4, -0.2) is 30.0 Å². The Kier molecular flexibility index (Phi) is 5.07. The van der Waals surface area contributed by atoms with Gasteiger partial charge in [-0.15, -0.1) is 0 Å². The van der Waals surface area contributed by atoms with Crippen LogP contribution in [0.3, 0.4) is 0 Å². The van der Waals surface area contributed by atoms with Gasteiger partial charge in [0.1, 0.15) is 5.82 Å². The first-order chi connectivity index (χ1) is 9.20. The van der Waals surface area contributed by atoms with Crippen molar-refractivity contribution < 1.29 is 9.13 Å². The van der Waals surface area contributed by atoms with Crippen molar-refractivity contribution in [2.75, 3.05) is 20.3 Å². The van der Waals surface area contributed by atoms with Crippen LogP contribution in [0.15, 0.2) is 34.9 Å². The minimum Gasteiger partial charge on any atom is -0.383 e. The molecule has 0 saturated carbocycles. The fourth-order valence-corrected chi connectivity index (χ4v) is 1.98. The summed E-state index contributed by atoms with van der Waals surface area (Å²) in [5.41, 5.74) is 1.74. The molecule has 2 aromatic rings. The van der Waals surface area contributed by atoms with Crippen LogP contribution in [0.5, 0.6) is 0 Å². The lowest BCUT2D eigenvalue weighted by Gasteiger charge is -2.03. The van der Waals surface area contributed by atoms with Crippen molar-refractivity contribution >= 4 is 15.9 Å². The van der Waals surface area contributed by atoms with Gasteiger partial charge in [0, 0.05) is 26.4 Å². The lowest BCUT2D eigenvalue weighted by Crippen LogP contribution is -2.18. The number of nitrogens with zero attached hydrogens (tertiary/aromatic N) is 2. The van der Waals surface area contributed by atoms with Crippen molar-refractivity contribution in [3.8, 4) is 5.69 Å². The maximum absolute atomic E-state index is 13.2. The maximum atomic E-state index is 13.2. The van der Waals surface area contributed by atoms with Crippen LogP contribution >= 0.6 is 15.9 Å². The average Bonchev–Trinajstić information content (AvgIpc) is 2.87. The molecule has 1 aromatic heterocycles. The van der Waals surface area contributed by atoms with Gasteiger partial charge in [0.05, 0.1) is 22.5 Å². The molecular weight excluding hydrogens is 313 g/mol. The monoisotopic (exact) mass is 327 g/mol. The van der Waals surface area contributed by atoms with E-state index in [2.05, 4.69) is 26.3 Å². The quantitative estimate of drug-likeness (QED) is 0.828. The number of hydrogen-bond donors (Lipinski definition) is 1. The van der Waals surface area contributed by atoms with Gasteiger partial charge in [-0.05, 0) is 40.2 Å². The number of aromatic nitrogens is 2. The van der Waals surface area contributed by atoms with Crippen molar-refractivity contribution in [3.05, 3.63) is 46.4 Å². The van der Waals surface area contributed by atoms with E-state index in [9.17, 15) is 4.39 Å². The minimum absolute atomic E-state index is 0.280. The summed E-state index contributed by atoms with van der Waals surface area (Å²) in [6, 6.07) is 6.73. The zero-order valence-electron chi connectivity index (χ0n) is 10.6. The van der Waals surface area contributed by atoms with Crippen LogP contribution in [0, 0.1) is 5.82 Å². The third-order valence-corrected chi connectivity index (χ3v) is 3.21. The summed E-state index contributed by atoms with van der Waals surface area (Å²) in [5.74, 6) is -0.280. The molecule has 0 bridgehead atoms. The first-order valence-electron chi connectivity index (χ1n) is 5.90. The fourth-order valence-electron chi connectivity index (χ4n) is 1.62. The van der Waals surface area contributed by atoms with Crippen LogP contribution in [0.2, 0.25) is 0 Å². The molecule has 102 valence electrons. The highest BCUT2D eigenvalue weighted by Gasteiger charge is 2.04. The van der Waals surface area contributed by atoms with Crippen LogP contribution in [0.1, 0.15) is 5.69 Å². The molecule has 0 unspecified atom stereocenters. The van der Waals surface area contributed by atoms with Gasteiger partial charge in [-0.25, -0.2) is 9.07 Å². The van der Waals surface area contributed by atoms with E-state index in [1.807, 2.05) is 12.3 Å². The minimum atomic E-state index is -0.280. The molecule has 4 nitrogen and oxygen atoms in total. The molecule has 2 rings (SSSR count). The largest absolute Gasteiger partial charge is 0.383 e. The number of benzene rings is 1. The first kappa shape index (κ1) is 14.2. The average molecular weight is 328 g/mol. The van der Waals surface area contributed by atoms with Gasteiger partial charge in [-0.3, -0.25) is 0 Å². The fraction of sp³-hybridized carbons (Fsp3) is 0.308. The van der Waals surface area contributed by atoms with Crippen molar-refractivity contribution in [3.63, 3.8) is 0 Å². The summed E-state index contributed by atoms with van der Waals surface area (Å²) >= 11 is 3.17. The summed E-state index contributed by atoms with van der Waals surface area (Å²) in [4.78, 5) is 0. The number of halogens is 2. The third kappa shape index (κ3) is 3.86. The molecule has 19 heavy (non-hydrogen) atoms. The Morgan fingerprint density at radius 2 is 2.26 bits per heavy atom. The van der Waals surface area contributed by atoms with Crippen LogP contribution in [0.25, 0.3) is 5.69 Å². The second-order valence-corrected chi connectivity index (χ2v) is 4.87. The van der Waals surface area contributed by atoms with Crippen molar-refractivity contribution in [2.24, 2.45) is 0 Å². The molecule has 0 aliphatic carbocycles. The smallest absolute Gasteiger partial charge is 0.137 e. The van der Waals surface area contributed by atoms with Gasteiger partial charge in [0.2, 0.25) is 0 Å². The van der Waals surface area contributed by atoms with Crippen molar-refractivity contribution in [1.82, 2.24) is 15.1 Å². The second kappa shape index (κ2) is 6.79. The summed E-state index contributed by atoms with van der Waals surface area (Å²) in [6.07, 6.45) is 1.85. The highest BCUT2D eigenvalue weighted by molar-refractivity contribution is 9.10. The lowest BCUT2D eigenvalue weighted by molar-refractivity contribution is 0.199.